The monoisotopic (exact) mass is 333 g/mol. The van der Waals surface area contributed by atoms with Gasteiger partial charge in [-0.1, -0.05) is 29.3 Å². The summed E-state index contributed by atoms with van der Waals surface area (Å²) < 4.78 is 0. The Kier molecular flexibility index (Phi) is 6.01. The average Bonchev–Trinajstić information content (AvgIpc) is 2.43. The summed E-state index contributed by atoms with van der Waals surface area (Å²) in [5.74, 6) is 1.36. The topological polar surface area (TPSA) is 20.3 Å². The van der Waals surface area contributed by atoms with Gasteiger partial charge in [0.1, 0.15) is 0 Å². The second-order valence-corrected chi connectivity index (χ2v) is 6.44. The summed E-state index contributed by atoms with van der Waals surface area (Å²) in [4.78, 5) is 14.3. The van der Waals surface area contributed by atoms with Crippen molar-refractivity contribution in [3.05, 3.63) is 33.8 Å². The molecule has 1 aliphatic heterocycles. The van der Waals surface area contributed by atoms with Gasteiger partial charge in [-0.2, -0.15) is 0 Å². The zero-order chi connectivity index (χ0) is 14.5. The van der Waals surface area contributed by atoms with Gasteiger partial charge in [0.05, 0.1) is 16.5 Å². The predicted molar refractivity (Wildman–Crippen MR) is 84.8 cm³/mol. The fourth-order valence-corrected chi connectivity index (χ4v) is 3.25. The molecule has 1 heterocycles. The van der Waals surface area contributed by atoms with Crippen LogP contribution in [0.4, 0.5) is 0 Å². The highest BCUT2D eigenvalue weighted by atomic mass is 35.5. The number of likely N-dealkylation sites (tertiary alicyclic amines) is 1. The second-order valence-electron chi connectivity index (χ2n) is 5.25. The molecule has 0 N–H and O–H groups in total. The molecular weight excluding hydrogens is 317 g/mol. The van der Waals surface area contributed by atoms with Crippen LogP contribution in [-0.2, 0) is 11.2 Å². The van der Waals surface area contributed by atoms with Crippen LogP contribution < -0.4 is 0 Å². The molecule has 1 amide bonds. The highest BCUT2D eigenvalue weighted by Crippen LogP contribution is 2.24. The molecule has 2 nitrogen and oxygen atoms in total. The number of carbonyl (C=O) groups excluding carboxylic acids is 1. The highest BCUT2D eigenvalue weighted by molar-refractivity contribution is 6.42. The van der Waals surface area contributed by atoms with E-state index in [0.717, 1.165) is 31.5 Å². The number of hydrogen-bond acceptors (Lipinski definition) is 1. The molecule has 2 rings (SSSR count). The first-order valence-corrected chi connectivity index (χ1v) is 8.17. The lowest BCUT2D eigenvalue weighted by Crippen LogP contribution is -2.40. The molecular formula is C15H18Cl3NO. The molecule has 1 aromatic carbocycles. The van der Waals surface area contributed by atoms with Gasteiger partial charge < -0.3 is 4.90 Å². The third-order valence-electron chi connectivity index (χ3n) is 3.73. The van der Waals surface area contributed by atoms with Crippen molar-refractivity contribution in [2.75, 3.05) is 19.0 Å². The van der Waals surface area contributed by atoms with Crippen LogP contribution in [0.25, 0.3) is 0 Å². The zero-order valence-electron chi connectivity index (χ0n) is 11.2. The van der Waals surface area contributed by atoms with E-state index in [2.05, 4.69) is 0 Å². The molecule has 20 heavy (non-hydrogen) atoms. The Bertz CT molecular complexity index is 476. The minimum absolute atomic E-state index is 0.155. The summed E-state index contributed by atoms with van der Waals surface area (Å²) in [5.41, 5.74) is 0.906. The van der Waals surface area contributed by atoms with E-state index in [1.165, 1.54) is 6.42 Å². The fraction of sp³-hybridized carbons (Fsp3) is 0.533. The van der Waals surface area contributed by atoms with Crippen molar-refractivity contribution < 1.29 is 4.79 Å². The normalized spacial score (nSPS) is 19.1. The molecule has 110 valence electrons. The van der Waals surface area contributed by atoms with Gasteiger partial charge in [-0.05, 0) is 42.9 Å². The number of halogens is 3. The average molecular weight is 335 g/mol. The van der Waals surface area contributed by atoms with Gasteiger partial charge in [0.15, 0.2) is 0 Å². The number of nitrogens with zero attached hydrogens (tertiary/aromatic N) is 1. The summed E-state index contributed by atoms with van der Waals surface area (Å²) >= 11 is 17.6. The van der Waals surface area contributed by atoms with Crippen molar-refractivity contribution in [2.24, 2.45) is 5.92 Å². The molecule has 0 saturated carbocycles. The number of piperidine rings is 1. The van der Waals surface area contributed by atoms with Crippen LogP contribution in [0, 0.1) is 5.92 Å². The van der Waals surface area contributed by atoms with Crippen LogP contribution in [0.2, 0.25) is 10.0 Å². The van der Waals surface area contributed by atoms with Crippen molar-refractivity contribution in [3.8, 4) is 0 Å². The van der Waals surface area contributed by atoms with E-state index in [4.69, 9.17) is 34.8 Å². The van der Waals surface area contributed by atoms with E-state index >= 15 is 0 Å². The van der Waals surface area contributed by atoms with Crippen LogP contribution in [0.3, 0.4) is 0 Å². The standard InChI is InChI=1S/C15H18Cl3NO/c16-6-5-11-2-1-7-19(10-11)15(20)9-12-3-4-13(17)14(18)8-12/h3-4,8,11H,1-2,5-7,9-10H2. The van der Waals surface area contributed by atoms with Crippen molar-refractivity contribution in [3.63, 3.8) is 0 Å². The van der Waals surface area contributed by atoms with Crippen LogP contribution >= 0.6 is 34.8 Å². The van der Waals surface area contributed by atoms with Gasteiger partial charge >= 0.3 is 0 Å². The summed E-state index contributed by atoms with van der Waals surface area (Å²) in [7, 11) is 0. The Hall–Kier alpha value is -0.440. The number of rotatable bonds is 4. The number of carbonyl (C=O) groups is 1. The van der Waals surface area contributed by atoms with Gasteiger partial charge in [-0.25, -0.2) is 0 Å². The second kappa shape index (κ2) is 7.53. The van der Waals surface area contributed by atoms with Crippen LogP contribution in [0.5, 0.6) is 0 Å². The van der Waals surface area contributed by atoms with Crippen molar-refractivity contribution in [1.82, 2.24) is 4.90 Å². The summed E-state index contributed by atoms with van der Waals surface area (Å²) in [6.07, 6.45) is 3.60. The number of hydrogen-bond donors (Lipinski definition) is 0. The van der Waals surface area contributed by atoms with Gasteiger partial charge in [-0.15, -0.1) is 11.6 Å². The van der Waals surface area contributed by atoms with Gasteiger partial charge in [0.25, 0.3) is 0 Å². The van der Waals surface area contributed by atoms with Crippen LogP contribution in [0.1, 0.15) is 24.8 Å². The molecule has 0 radical (unpaired) electrons. The molecule has 1 unspecified atom stereocenters. The van der Waals surface area contributed by atoms with E-state index in [1.54, 1.807) is 12.1 Å². The van der Waals surface area contributed by atoms with Crippen LogP contribution in [0.15, 0.2) is 18.2 Å². The van der Waals surface area contributed by atoms with Gasteiger partial charge in [0.2, 0.25) is 5.91 Å². The quantitative estimate of drug-likeness (QED) is 0.747. The first kappa shape index (κ1) is 15.9. The Labute approximate surface area is 135 Å². The fourth-order valence-electron chi connectivity index (χ4n) is 2.62. The molecule has 1 aliphatic rings. The maximum atomic E-state index is 12.3. The maximum absolute atomic E-state index is 12.3. The minimum atomic E-state index is 0.155. The number of amides is 1. The Morgan fingerprint density at radius 2 is 2.10 bits per heavy atom. The predicted octanol–water partition coefficient (Wildman–Crippen LogP) is 4.40. The van der Waals surface area contributed by atoms with E-state index in [1.807, 2.05) is 11.0 Å². The molecule has 0 aliphatic carbocycles. The first-order valence-electron chi connectivity index (χ1n) is 6.88. The minimum Gasteiger partial charge on any atom is -0.342 e. The molecule has 1 aromatic rings. The molecule has 1 atom stereocenters. The lowest BCUT2D eigenvalue weighted by molar-refractivity contribution is -0.132. The van der Waals surface area contributed by atoms with Gasteiger partial charge in [-0.3, -0.25) is 4.79 Å². The number of benzene rings is 1. The van der Waals surface area contributed by atoms with E-state index in [0.29, 0.717) is 28.3 Å². The first-order chi connectivity index (χ1) is 9.60. The molecule has 1 saturated heterocycles. The maximum Gasteiger partial charge on any atom is 0.226 e. The highest BCUT2D eigenvalue weighted by Gasteiger charge is 2.23. The van der Waals surface area contributed by atoms with Crippen molar-refractivity contribution in [1.29, 1.82) is 0 Å². The molecule has 0 bridgehead atoms. The van der Waals surface area contributed by atoms with Crippen molar-refractivity contribution in [2.45, 2.75) is 25.7 Å². The lowest BCUT2D eigenvalue weighted by Gasteiger charge is -2.32. The largest absolute Gasteiger partial charge is 0.342 e. The van der Waals surface area contributed by atoms with E-state index in [9.17, 15) is 4.79 Å². The summed E-state index contributed by atoms with van der Waals surface area (Å²) in [6.45, 7) is 1.67. The summed E-state index contributed by atoms with van der Waals surface area (Å²) in [6, 6.07) is 5.35. The van der Waals surface area contributed by atoms with Gasteiger partial charge in [0, 0.05) is 19.0 Å². The molecule has 5 heteroatoms. The SMILES string of the molecule is O=C(Cc1ccc(Cl)c(Cl)c1)N1CCCC(CCCl)C1. The smallest absolute Gasteiger partial charge is 0.226 e. The third kappa shape index (κ3) is 4.28. The Balaban J connectivity index is 1.95. The third-order valence-corrected chi connectivity index (χ3v) is 4.69. The number of alkyl halides is 1. The van der Waals surface area contributed by atoms with E-state index < -0.39 is 0 Å². The Morgan fingerprint density at radius 3 is 2.80 bits per heavy atom. The Morgan fingerprint density at radius 1 is 1.30 bits per heavy atom. The zero-order valence-corrected chi connectivity index (χ0v) is 13.5. The lowest BCUT2D eigenvalue weighted by atomic mass is 9.95. The van der Waals surface area contributed by atoms with E-state index in [-0.39, 0.29) is 5.91 Å². The molecule has 0 aromatic heterocycles. The summed E-state index contributed by atoms with van der Waals surface area (Å²) in [5, 5.41) is 1.01. The van der Waals surface area contributed by atoms with Crippen molar-refractivity contribution >= 4 is 40.7 Å². The molecule has 1 fully saturated rings. The molecule has 0 spiro atoms. The van der Waals surface area contributed by atoms with Crippen LogP contribution in [-0.4, -0.2) is 29.8 Å².